The number of fused-ring (bicyclic) bond motifs is 2. The smallest absolute Gasteiger partial charge is 0.263 e. The average molecular weight is 336 g/mol. The molecule has 0 aliphatic carbocycles. The number of amides is 1. The van der Waals surface area contributed by atoms with E-state index in [2.05, 4.69) is 11.1 Å². The van der Waals surface area contributed by atoms with Crippen molar-refractivity contribution in [3.63, 3.8) is 0 Å². The molecule has 1 N–H and O–H groups in total. The van der Waals surface area contributed by atoms with Gasteiger partial charge in [-0.2, -0.15) is 0 Å². The fraction of sp³-hybridized carbons (Fsp3) is 0. The van der Waals surface area contributed by atoms with Crippen molar-refractivity contribution in [1.82, 2.24) is 4.98 Å². The molecule has 0 saturated heterocycles. The third-order valence-corrected chi connectivity index (χ3v) is 4.80. The van der Waals surface area contributed by atoms with Crippen molar-refractivity contribution in [2.45, 2.75) is 0 Å². The predicted molar refractivity (Wildman–Crippen MR) is 106 cm³/mol. The molecule has 1 amide bonds. The van der Waals surface area contributed by atoms with Crippen LogP contribution in [0.15, 0.2) is 85.1 Å². The first-order valence-electron chi connectivity index (χ1n) is 8.60. The monoisotopic (exact) mass is 336 g/mol. The van der Waals surface area contributed by atoms with Crippen LogP contribution in [0.25, 0.3) is 22.6 Å². The lowest BCUT2D eigenvalue weighted by atomic mass is 10.0. The summed E-state index contributed by atoms with van der Waals surface area (Å²) in [5.41, 5.74) is 5.58. The molecular weight excluding hydrogens is 320 g/mol. The van der Waals surface area contributed by atoms with Crippen LogP contribution in [-0.2, 0) is 4.79 Å². The molecule has 3 heteroatoms. The third kappa shape index (κ3) is 2.18. The van der Waals surface area contributed by atoms with Crippen molar-refractivity contribution in [3.05, 3.63) is 96.2 Å². The molecule has 124 valence electrons. The molecular formula is C23H16N2O. The van der Waals surface area contributed by atoms with Gasteiger partial charge in [-0.3, -0.25) is 9.69 Å². The van der Waals surface area contributed by atoms with Gasteiger partial charge < -0.3 is 4.98 Å². The predicted octanol–water partition coefficient (Wildman–Crippen LogP) is 5.39. The number of hydrogen-bond donors (Lipinski definition) is 1. The van der Waals surface area contributed by atoms with Crippen LogP contribution in [0, 0.1) is 0 Å². The van der Waals surface area contributed by atoms with Crippen LogP contribution >= 0.6 is 0 Å². The molecule has 0 fully saturated rings. The highest BCUT2D eigenvalue weighted by Crippen LogP contribution is 2.42. The Morgan fingerprint density at radius 1 is 0.808 bits per heavy atom. The van der Waals surface area contributed by atoms with Gasteiger partial charge in [-0.15, -0.1) is 0 Å². The van der Waals surface area contributed by atoms with Gasteiger partial charge in [-0.25, -0.2) is 0 Å². The number of nitrogens with one attached hydrogen (secondary N) is 1. The first-order valence-corrected chi connectivity index (χ1v) is 8.60. The number of nitrogens with zero attached hydrogens (tertiary/aromatic N) is 1. The van der Waals surface area contributed by atoms with Gasteiger partial charge in [0.05, 0.1) is 11.3 Å². The summed E-state index contributed by atoms with van der Waals surface area (Å²) in [5, 5.41) is 1.11. The van der Waals surface area contributed by atoms with E-state index in [1.807, 2.05) is 85.1 Å². The highest BCUT2D eigenvalue weighted by molar-refractivity contribution is 6.38. The average Bonchev–Trinajstić information content (AvgIpc) is 3.22. The van der Waals surface area contributed by atoms with E-state index in [0.29, 0.717) is 5.57 Å². The van der Waals surface area contributed by atoms with Crippen molar-refractivity contribution in [2.75, 3.05) is 4.90 Å². The Bertz CT molecular complexity index is 1160. The molecule has 3 nitrogen and oxygen atoms in total. The van der Waals surface area contributed by atoms with Crippen LogP contribution in [0.3, 0.4) is 0 Å². The van der Waals surface area contributed by atoms with Crippen LogP contribution in [0.2, 0.25) is 0 Å². The number of hydrogen-bond acceptors (Lipinski definition) is 1. The number of carbonyl (C=O) groups excluding carboxylic acids is 1. The van der Waals surface area contributed by atoms with Crippen molar-refractivity contribution in [3.8, 4) is 0 Å². The minimum absolute atomic E-state index is 0.00248. The zero-order chi connectivity index (χ0) is 17.5. The molecule has 26 heavy (non-hydrogen) atoms. The van der Waals surface area contributed by atoms with E-state index in [4.69, 9.17) is 0 Å². The molecule has 3 aromatic carbocycles. The number of aromatic amines is 1. The SMILES string of the molecule is O=C1C(=Cc2c[nH]c3ccccc23)c2ccccc2N1c1ccccc1. The second-order valence-corrected chi connectivity index (χ2v) is 6.34. The molecule has 1 aliphatic heterocycles. The molecule has 5 rings (SSSR count). The first-order chi connectivity index (χ1) is 12.8. The summed E-state index contributed by atoms with van der Waals surface area (Å²) >= 11 is 0. The number of carbonyl (C=O) groups is 1. The van der Waals surface area contributed by atoms with Gasteiger partial charge >= 0.3 is 0 Å². The highest BCUT2D eigenvalue weighted by atomic mass is 16.2. The van der Waals surface area contributed by atoms with E-state index in [1.54, 1.807) is 4.90 Å². The van der Waals surface area contributed by atoms with Crippen LogP contribution in [0.4, 0.5) is 11.4 Å². The number of anilines is 2. The van der Waals surface area contributed by atoms with Gasteiger partial charge in [0, 0.05) is 33.9 Å². The Hall–Kier alpha value is -3.59. The van der Waals surface area contributed by atoms with Crippen molar-refractivity contribution in [2.24, 2.45) is 0 Å². The Kier molecular flexibility index (Phi) is 3.25. The van der Waals surface area contributed by atoms with E-state index in [-0.39, 0.29) is 5.91 Å². The highest BCUT2D eigenvalue weighted by Gasteiger charge is 2.33. The van der Waals surface area contributed by atoms with Gasteiger partial charge in [-0.1, -0.05) is 54.6 Å². The molecule has 0 unspecified atom stereocenters. The van der Waals surface area contributed by atoms with Gasteiger partial charge in [0.2, 0.25) is 0 Å². The summed E-state index contributed by atoms with van der Waals surface area (Å²) in [6.45, 7) is 0. The third-order valence-electron chi connectivity index (χ3n) is 4.80. The lowest BCUT2D eigenvalue weighted by Gasteiger charge is -2.16. The molecule has 1 aliphatic rings. The van der Waals surface area contributed by atoms with E-state index in [9.17, 15) is 4.79 Å². The normalized spacial score (nSPS) is 15.0. The Morgan fingerprint density at radius 2 is 1.54 bits per heavy atom. The summed E-state index contributed by atoms with van der Waals surface area (Å²) in [5.74, 6) is 0.00248. The molecule has 2 heterocycles. The van der Waals surface area contributed by atoms with E-state index < -0.39 is 0 Å². The molecule has 4 aromatic rings. The van der Waals surface area contributed by atoms with Crippen molar-refractivity contribution in [1.29, 1.82) is 0 Å². The molecule has 0 saturated carbocycles. The minimum Gasteiger partial charge on any atom is -0.361 e. The van der Waals surface area contributed by atoms with Crippen molar-refractivity contribution < 1.29 is 4.79 Å². The number of benzene rings is 3. The van der Waals surface area contributed by atoms with E-state index >= 15 is 0 Å². The molecule has 0 radical (unpaired) electrons. The lowest BCUT2D eigenvalue weighted by Crippen LogP contribution is -2.20. The van der Waals surface area contributed by atoms with Crippen molar-refractivity contribution >= 4 is 39.8 Å². The largest absolute Gasteiger partial charge is 0.361 e. The second-order valence-electron chi connectivity index (χ2n) is 6.34. The molecule has 0 bridgehead atoms. The lowest BCUT2D eigenvalue weighted by molar-refractivity contribution is -0.112. The Morgan fingerprint density at radius 3 is 2.42 bits per heavy atom. The van der Waals surface area contributed by atoms with E-state index in [1.165, 1.54) is 0 Å². The summed E-state index contributed by atoms with van der Waals surface area (Å²) in [6.07, 6.45) is 3.95. The maximum absolute atomic E-state index is 13.3. The van der Waals surface area contributed by atoms with Gasteiger partial charge in [0.15, 0.2) is 0 Å². The van der Waals surface area contributed by atoms with Crippen LogP contribution in [0.5, 0.6) is 0 Å². The fourth-order valence-electron chi connectivity index (χ4n) is 3.58. The first kappa shape index (κ1) is 14.7. The van der Waals surface area contributed by atoms with Crippen LogP contribution in [0.1, 0.15) is 11.1 Å². The zero-order valence-electron chi connectivity index (χ0n) is 14.0. The number of rotatable bonds is 2. The van der Waals surface area contributed by atoms with Gasteiger partial charge in [0.25, 0.3) is 5.91 Å². The number of aromatic nitrogens is 1. The standard InChI is InChI=1S/C23H16N2O/c26-23-20(14-16-15-24-21-12-6-4-10-18(16)21)19-11-5-7-13-22(19)25(23)17-8-2-1-3-9-17/h1-15,24H. The Labute approximate surface area is 151 Å². The summed E-state index contributed by atoms with van der Waals surface area (Å²) in [7, 11) is 0. The molecule has 1 aromatic heterocycles. The minimum atomic E-state index is 0.00248. The fourth-order valence-corrected chi connectivity index (χ4v) is 3.58. The van der Waals surface area contributed by atoms with Crippen LogP contribution in [-0.4, -0.2) is 10.9 Å². The second kappa shape index (κ2) is 5.74. The maximum atomic E-state index is 13.3. The number of H-pyrrole nitrogens is 1. The summed E-state index contributed by atoms with van der Waals surface area (Å²) < 4.78 is 0. The molecule has 0 atom stereocenters. The summed E-state index contributed by atoms with van der Waals surface area (Å²) in [4.78, 5) is 18.3. The molecule has 0 spiro atoms. The maximum Gasteiger partial charge on any atom is 0.263 e. The summed E-state index contributed by atoms with van der Waals surface area (Å²) in [6, 6.07) is 25.9. The Balaban J connectivity index is 1.69. The zero-order valence-corrected chi connectivity index (χ0v) is 14.0. The van der Waals surface area contributed by atoms with Gasteiger partial charge in [-0.05, 0) is 30.3 Å². The number of para-hydroxylation sites is 3. The van der Waals surface area contributed by atoms with Crippen LogP contribution < -0.4 is 4.90 Å². The quantitative estimate of drug-likeness (QED) is 0.490. The topological polar surface area (TPSA) is 36.1 Å². The van der Waals surface area contributed by atoms with E-state index in [0.717, 1.165) is 33.4 Å². The van der Waals surface area contributed by atoms with Gasteiger partial charge in [0.1, 0.15) is 0 Å².